The van der Waals surface area contributed by atoms with Gasteiger partial charge in [0.2, 0.25) is 0 Å². The second kappa shape index (κ2) is 8.62. The van der Waals surface area contributed by atoms with Gasteiger partial charge in [-0.1, -0.05) is 81.3 Å². The maximum atomic E-state index is 4.65. The predicted octanol–water partition coefficient (Wildman–Crippen LogP) is 6.71. The normalized spacial score (nSPS) is 10.8. The molecule has 1 heterocycles. The number of pyridine rings is 1. The fraction of sp³-hybridized carbons (Fsp3) is 0.292. The van der Waals surface area contributed by atoms with E-state index in [0.717, 1.165) is 18.5 Å². The lowest BCUT2D eigenvalue weighted by atomic mass is 10.0. The van der Waals surface area contributed by atoms with E-state index >= 15 is 0 Å². The van der Waals surface area contributed by atoms with Crippen molar-refractivity contribution in [1.82, 2.24) is 4.98 Å². The lowest BCUT2D eigenvalue weighted by Gasteiger charge is -2.06. The van der Waals surface area contributed by atoms with Gasteiger partial charge >= 0.3 is 0 Å². The molecule has 0 saturated heterocycles. The summed E-state index contributed by atoms with van der Waals surface area (Å²) in [6.45, 7) is 4.43. The molecule has 0 atom stereocenters. The summed E-state index contributed by atoms with van der Waals surface area (Å²) in [5.41, 5.74) is 7.46. The molecule has 25 heavy (non-hydrogen) atoms. The summed E-state index contributed by atoms with van der Waals surface area (Å²) in [6.07, 6.45) is 8.06. The Hall–Kier alpha value is -2.41. The monoisotopic (exact) mass is 329 g/mol. The molecule has 128 valence electrons. The zero-order chi connectivity index (χ0) is 17.5. The Bertz CT molecular complexity index is 768. The van der Waals surface area contributed by atoms with Gasteiger partial charge in [-0.15, -0.1) is 0 Å². The lowest BCUT2D eigenvalue weighted by Crippen LogP contribution is -1.89. The maximum Gasteiger partial charge on any atom is 0.0702 e. The fourth-order valence-corrected chi connectivity index (χ4v) is 3.09. The molecule has 0 unspecified atom stereocenters. The van der Waals surface area contributed by atoms with Crippen molar-refractivity contribution in [3.05, 3.63) is 78.0 Å². The average Bonchev–Trinajstić information content (AvgIpc) is 2.69. The van der Waals surface area contributed by atoms with Crippen LogP contribution in [0.4, 0.5) is 0 Å². The van der Waals surface area contributed by atoms with Crippen molar-refractivity contribution in [3.8, 4) is 22.4 Å². The van der Waals surface area contributed by atoms with Crippen LogP contribution in [0.2, 0.25) is 0 Å². The van der Waals surface area contributed by atoms with Gasteiger partial charge in [0.05, 0.1) is 5.69 Å². The molecular formula is C24H27N. The van der Waals surface area contributed by atoms with Crippen molar-refractivity contribution in [1.29, 1.82) is 0 Å². The largest absolute Gasteiger partial charge is 0.256 e. The van der Waals surface area contributed by atoms with Crippen molar-refractivity contribution in [2.45, 2.75) is 46.0 Å². The Morgan fingerprint density at radius 1 is 0.640 bits per heavy atom. The summed E-state index contributed by atoms with van der Waals surface area (Å²) in [7, 11) is 0. The van der Waals surface area contributed by atoms with Crippen LogP contribution in [0.25, 0.3) is 22.4 Å². The molecule has 1 nitrogen and oxygen atoms in total. The van der Waals surface area contributed by atoms with Gasteiger partial charge in [0.15, 0.2) is 0 Å². The molecule has 1 aromatic heterocycles. The highest BCUT2D eigenvalue weighted by molar-refractivity contribution is 5.69. The summed E-state index contributed by atoms with van der Waals surface area (Å²) in [4.78, 5) is 4.65. The Labute approximate surface area is 151 Å². The molecule has 0 saturated carbocycles. The van der Waals surface area contributed by atoms with Gasteiger partial charge in [0.1, 0.15) is 0 Å². The Balaban J connectivity index is 1.71. The summed E-state index contributed by atoms with van der Waals surface area (Å²) >= 11 is 0. The number of unbranched alkanes of at least 4 members (excludes halogenated alkanes) is 2. The number of rotatable bonds is 7. The molecule has 0 spiro atoms. The van der Waals surface area contributed by atoms with Crippen LogP contribution in [-0.2, 0) is 12.8 Å². The molecule has 0 aliphatic heterocycles. The number of aryl methyl sites for hydroxylation is 2. The highest BCUT2D eigenvalue weighted by Gasteiger charge is 2.02. The minimum absolute atomic E-state index is 1.05. The second-order valence-corrected chi connectivity index (χ2v) is 6.64. The molecule has 0 bridgehead atoms. The van der Waals surface area contributed by atoms with E-state index < -0.39 is 0 Å². The van der Waals surface area contributed by atoms with Crippen LogP contribution in [0, 0.1) is 0 Å². The van der Waals surface area contributed by atoms with Crippen molar-refractivity contribution in [2.75, 3.05) is 0 Å². The Morgan fingerprint density at radius 3 is 1.80 bits per heavy atom. The van der Waals surface area contributed by atoms with Gasteiger partial charge in [0.25, 0.3) is 0 Å². The van der Waals surface area contributed by atoms with Crippen molar-refractivity contribution >= 4 is 0 Å². The first-order valence-electron chi connectivity index (χ1n) is 9.45. The Kier molecular flexibility index (Phi) is 6.00. The van der Waals surface area contributed by atoms with E-state index in [1.807, 2.05) is 6.20 Å². The van der Waals surface area contributed by atoms with E-state index in [4.69, 9.17) is 0 Å². The maximum absolute atomic E-state index is 4.65. The lowest BCUT2D eigenvalue weighted by molar-refractivity contribution is 0.716. The SMILES string of the molecule is CCCCCc1ccc(-c2ccc(-c3ccc(CC)cc3)cc2)nc1. The third-order valence-corrected chi connectivity index (χ3v) is 4.77. The molecular weight excluding hydrogens is 302 g/mol. The summed E-state index contributed by atoms with van der Waals surface area (Å²) in [6, 6.07) is 21.9. The van der Waals surface area contributed by atoms with Crippen LogP contribution in [0.3, 0.4) is 0 Å². The molecule has 0 radical (unpaired) electrons. The first-order chi connectivity index (χ1) is 12.3. The molecule has 2 aromatic carbocycles. The molecule has 0 N–H and O–H groups in total. The van der Waals surface area contributed by atoms with Crippen molar-refractivity contribution < 1.29 is 0 Å². The molecule has 0 aliphatic rings. The van der Waals surface area contributed by atoms with Gasteiger partial charge < -0.3 is 0 Å². The summed E-state index contributed by atoms with van der Waals surface area (Å²) in [5, 5.41) is 0. The fourth-order valence-electron chi connectivity index (χ4n) is 3.09. The molecule has 0 fully saturated rings. The van der Waals surface area contributed by atoms with Gasteiger partial charge in [-0.2, -0.15) is 0 Å². The van der Waals surface area contributed by atoms with Gasteiger partial charge in [0, 0.05) is 11.8 Å². The van der Waals surface area contributed by atoms with Crippen LogP contribution < -0.4 is 0 Å². The smallest absolute Gasteiger partial charge is 0.0702 e. The molecule has 1 heteroatoms. The molecule has 0 aliphatic carbocycles. The van der Waals surface area contributed by atoms with E-state index in [2.05, 4.69) is 79.5 Å². The quantitative estimate of drug-likeness (QED) is 0.439. The van der Waals surface area contributed by atoms with Gasteiger partial charge in [-0.05, 0) is 47.6 Å². The molecule has 3 aromatic rings. The van der Waals surface area contributed by atoms with E-state index in [-0.39, 0.29) is 0 Å². The summed E-state index contributed by atoms with van der Waals surface area (Å²) < 4.78 is 0. The number of nitrogens with zero attached hydrogens (tertiary/aromatic N) is 1. The molecule has 0 amide bonds. The van der Waals surface area contributed by atoms with Crippen LogP contribution in [0.1, 0.15) is 44.2 Å². The zero-order valence-electron chi connectivity index (χ0n) is 15.3. The van der Waals surface area contributed by atoms with Crippen LogP contribution in [0.5, 0.6) is 0 Å². The average molecular weight is 329 g/mol. The predicted molar refractivity (Wildman–Crippen MR) is 108 cm³/mol. The minimum atomic E-state index is 1.05. The van der Waals surface area contributed by atoms with E-state index in [1.54, 1.807) is 0 Å². The van der Waals surface area contributed by atoms with E-state index in [9.17, 15) is 0 Å². The van der Waals surface area contributed by atoms with Crippen molar-refractivity contribution in [3.63, 3.8) is 0 Å². The number of hydrogen-bond donors (Lipinski definition) is 0. The second-order valence-electron chi connectivity index (χ2n) is 6.64. The van der Waals surface area contributed by atoms with Gasteiger partial charge in [-0.25, -0.2) is 0 Å². The van der Waals surface area contributed by atoms with E-state index in [1.165, 1.54) is 47.1 Å². The van der Waals surface area contributed by atoms with Crippen molar-refractivity contribution in [2.24, 2.45) is 0 Å². The highest BCUT2D eigenvalue weighted by atomic mass is 14.7. The molecule has 3 rings (SSSR count). The van der Waals surface area contributed by atoms with Crippen LogP contribution >= 0.6 is 0 Å². The number of hydrogen-bond acceptors (Lipinski definition) is 1. The first-order valence-corrected chi connectivity index (χ1v) is 9.45. The number of aromatic nitrogens is 1. The summed E-state index contributed by atoms with van der Waals surface area (Å²) in [5.74, 6) is 0. The third kappa shape index (κ3) is 4.57. The third-order valence-electron chi connectivity index (χ3n) is 4.77. The first kappa shape index (κ1) is 17.4. The Morgan fingerprint density at radius 2 is 1.24 bits per heavy atom. The minimum Gasteiger partial charge on any atom is -0.256 e. The zero-order valence-corrected chi connectivity index (χ0v) is 15.3. The topological polar surface area (TPSA) is 12.9 Å². The van der Waals surface area contributed by atoms with Crippen LogP contribution in [0.15, 0.2) is 66.9 Å². The van der Waals surface area contributed by atoms with E-state index in [0.29, 0.717) is 0 Å². The van der Waals surface area contributed by atoms with Gasteiger partial charge in [-0.3, -0.25) is 4.98 Å². The van der Waals surface area contributed by atoms with Crippen LogP contribution in [-0.4, -0.2) is 4.98 Å². The number of benzene rings is 2. The standard InChI is InChI=1S/C24H27N/c1-3-5-6-7-20-10-17-24(25-18-20)23-15-13-22(14-16-23)21-11-8-19(4-2)9-12-21/h8-18H,3-7H2,1-2H3. The highest BCUT2D eigenvalue weighted by Crippen LogP contribution is 2.24.